The van der Waals surface area contributed by atoms with Gasteiger partial charge in [-0.05, 0) is 25.0 Å². The van der Waals surface area contributed by atoms with Gasteiger partial charge in [-0.1, -0.05) is 35.0 Å². The molecule has 0 aliphatic rings. The van der Waals surface area contributed by atoms with E-state index in [1.54, 1.807) is 12.4 Å². The lowest BCUT2D eigenvalue weighted by Crippen LogP contribution is -2.04. The van der Waals surface area contributed by atoms with E-state index in [9.17, 15) is 0 Å². The maximum Gasteiger partial charge on any atom is 0.152 e. The van der Waals surface area contributed by atoms with Crippen molar-refractivity contribution in [3.8, 4) is 11.3 Å². The first-order chi connectivity index (χ1) is 8.72. The Bertz CT molecular complexity index is 540. The van der Waals surface area contributed by atoms with Crippen molar-refractivity contribution < 1.29 is 0 Å². The van der Waals surface area contributed by atoms with Crippen molar-refractivity contribution in [2.24, 2.45) is 0 Å². The average molecular weight is 306 g/mol. The van der Waals surface area contributed by atoms with Crippen LogP contribution in [0, 0.1) is 6.92 Å². The normalized spacial score (nSPS) is 10.4. The summed E-state index contributed by atoms with van der Waals surface area (Å²) >= 11 is 3.59. The number of rotatable bonds is 4. The number of hydrogen-bond acceptors (Lipinski definition) is 3. The summed E-state index contributed by atoms with van der Waals surface area (Å²) in [6, 6.07) is 6.24. The van der Waals surface area contributed by atoms with Crippen molar-refractivity contribution >= 4 is 21.7 Å². The number of aromatic nitrogens is 2. The number of anilines is 1. The van der Waals surface area contributed by atoms with Crippen LogP contribution in [-0.2, 0) is 0 Å². The molecule has 1 heterocycles. The van der Waals surface area contributed by atoms with Crippen LogP contribution in [0.2, 0.25) is 0 Å². The van der Waals surface area contributed by atoms with E-state index >= 15 is 0 Å². The molecule has 0 saturated carbocycles. The van der Waals surface area contributed by atoms with Crippen LogP contribution in [-0.4, -0.2) is 16.5 Å². The molecule has 0 spiro atoms. The quantitative estimate of drug-likeness (QED) is 0.926. The van der Waals surface area contributed by atoms with Crippen molar-refractivity contribution in [3.63, 3.8) is 0 Å². The van der Waals surface area contributed by atoms with Crippen LogP contribution in [0.3, 0.4) is 0 Å². The topological polar surface area (TPSA) is 37.8 Å². The van der Waals surface area contributed by atoms with E-state index in [1.165, 1.54) is 5.56 Å². The Labute approximate surface area is 116 Å². The van der Waals surface area contributed by atoms with Gasteiger partial charge in [0, 0.05) is 29.0 Å². The highest BCUT2D eigenvalue weighted by Gasteiger charge is 2.10. The van der Waals surface area contributed by atoms with Gasteiger partial charge in [-0.25, -0.2) is 4.98 Å². The minimum Gasteiger partial charge on any atom is -0.368 e. The number of benzene rings is 1. The second-order valence-corrected chi connectivity index (χ2v) is 5.02. The van der Waals surface area contributed by atoms with E-state index in [1.807, 2.05) is 0 Å². The van der Waals surface area contributed by atoms with Gasteiger partial charge in [-0.3, -0.25) is 4.98 Å². The molecule has 18 heavy (non-hydrogen) atoms. The fourth-order valence-corrected chi connectivity index (χ4v) is 2.40. The summed E-state index contributed by atoms with van der Waals surface area (Å²) in [5.74, 6) is 0.837. The first-order valence-corrected chi connectivity index (χ1v) is 6.83. The number of aryl methyl sites for hydroxylation is 1. The molecule has 1 aromatic carbocycles. The highest BCUT2D eigenvalue weighted by Crippen LogP contribution is 2.31. The standard InChI is InChI=1S/C14H16BrN3/c1-3-6-17-14-13(16-7-8-18-14)11-5-4-10(2)9-12(11)15/h4-5,7-9H,3,6H2,1-2H3,(H,17,18). The van der Waals surface area contributed by atoms with Gasteiger partial charge < -0.3 is 5.32 Å². The fraction of sp³-hybridized carbons (Fsp3) is 0.286. The van der Waals surface area contributed by atoms with Gasteiger partial charge in [0.1, 0.15) is 5.69 Å². The lowest BCUT2D eigenvalue weighted by atomic mass is 10.1. The third-order valence-electron chi connectivity index (χ3n) is 2.62. The third kappa shape index (κ3) is 2.88. The van der Waals surface area contributed by atoms with Gasteiger partial charge in [0.15, 0.2) is 5.82 Å². The Morgan fingerprint density at radius 1 is 1.22 bits per heavy atom. The Morgan fingerprint density at radius 3 is 2.72 bits per heavy atom. The molecule has 0 aliphatic carbocycles. The number of hydrogen-bond donors (Lipinski definition) is 1. The van der Waals surface area contributed by atoms with E-state index in [0.717, 1.165) is 34.5 Å². The summed E-state index contributed by atoms with van der Waals surface area (Å²) in [5, 5.41) is 3.31. The number of nitrogens with zero attached hydrogens (tertiary/aromatic N) is 2. The average Bonchev–Trinajstić information content (AvgIpc) is 2.37. The third-order valence-corrected chi connectivity index (χ3v) is 3.28. The van der Waals surface area contributed by atoms with E-state index in [2.05, 4.69) is 63.3 Å². The van der Waals surface area contributed by atoms with Crippen LogP contribution in [0.4, 0.5) is 5.82 Å². The molecule has 0 bridgehead atoms. The second-order valence-electron chi connectivity index (χ2n) is 4.16. The zero-order valence-corrected chi connectivity index (χ0v) is 12.2. The maximum absolute atomic E-state index is 4.44. The molecule has 0 radical (unpaired) electrons. The Kier molecular flexibility index (Phi) is 4.31. The lowest BCUT2D eigenvalue weighted by Gasteiger charge is -2.10. The van der Waals surface area contributed by atoms with Crippen LogP contribution in [0.1, 0.15) is 18.9 Å². The summed E-state index contributed by atoms with van der Waals surface area (Å²) in [5.41, 5.74) is 3.17. The van der Waals surface area contributed by atoms with Crippen molar-refractivity contribution in [2.75, 3.05) is 11.9 Å². The number of nitrogens with one attached hydrogen (secondary N) is 1. The van der Waals surface area contributed by atoms with Crippen LogP contribution < -0.4 is 5.32 Å². The van der Waals surface area contributed by atoms with Crippen LogP contribution in [0.25, 0.3) is 11.3 Å². The van der Waals surface area contributed by atoms with Gasteiger partial charge in [0.25, 0.3) is 0 Å². The highest BCUT2D eigenvalue weighted by molar-refractivity contribution is 9.10. The van der Waals surface area contributed by atoms with Crippen molar-refractivity contribution in [2.45, 2.75) is 20.3 Å². The molecule has 0 fully saturated rings. The molecule has 2 rings (SSSR count). The summed E-state index contributed by atoms with van der Waals surface area (Å²) in [7, 11) is 0. The molecular formula is C14H16BrN3. The zero-order chi connectivity index (χ0) is 13.0. The molecule has 2 aromatic rings. The molecule has 0 amide bonds. The Hall–Kier alpha value is -1.42. The summed E-state index contributed by atoms with van der Waals surface area (Å²) in [4.78, 5) is 8.80. The largest absolute Gasteiger partial charge is 0.368 e. The summed E-state index contributed by atoms with van der Waals surface area (Å²) < 4.78 is 1.04. The molecule has 0 saturated heterocycles. The molecule has 1 N–H and O–H groups in total. The lowest BCUT2D eigenvalue weighted by molar-refractivity contribution is 0.965. The second kappa shape index (κ2) is 5.96. The van der Waals surface area contributed by atoms with E-state index < -0.39 is 0 Å². The molecule has 4 heteroatoms. The monoisotopic (exact) mass is 305 g/mol. The van der Waals surface area contributed by atoms with Gasteiger partial charge in [-0.2, -0.15) is 0 Å². The van der Waals surface area contributed by atoms with Gasteiger partial charge >= 0.3 is 0 Å². The van der Waals surface area contributed by atoms with Gasteiger partial charge in [0.05, 0.1) is 0 Å². The van der Waals surface area contributed by atoms with Gasteiger partial charge in [-0.15, -0.1) is 0 Å². The predicted octanol–water partition coefficient (Wildman–Crippen LogP) is 4.04. The zero-order valence-electron chi connectivity index (χ0n) is 10.6. The van der Waals surface area contributed by atoms with Crippen LogP contribution >= 0.6 is 15.9 Å². The SMILES string of the molecule is CCCNc1nccnc1-c1ccc(C)cc1Br. The molecule has 0 aliphatic heterocycles. The first kappa shape index (κ1) is 13.0. The summed E-state index contributed by atoms with van der Waals surface area (Å²) in [6.45, 7) is 5.10. The smallest absolute Gasteiger partial charge is 0.152 e. The molecular weight excluding hydrogens is 290 g/mol. The van der Waals surface area contributed by atoms with E-state index in [0.29, 0.717) is 0 Å². The first-order valence-electron chi connectivity index (χ1n) is 6.03. The van der Waals surface area contributed by atoms with Gasteiger partial charge in [0.2, 0.25) is 0 Å². The number of halogens is 1. The molecule has 1 aromatic heterocycles. The maximum atomic E-state index is 4.44. The predicted molar refractivity (Wildman–Crippen MR) is 78.7 cm³/mol. The molecule has 0 unspecified atom stereocenters. The molecule has 94 valence electrons. The molecule has 3 nitrogen and oxygen atoms in total. The van der Waals surface area contributed by atoms with E-state index in [-0.39, 0.29) is 0 Å². The Balaban J connectivity index is 2.43. The highest BCUT2D eigenvalue weighted by atomic mass is 79.9. The summed E-state index contributed by atoms with van der Waals surface area (Å²) in [6.07, 6.45) is 4.49. The fourth-order valence-electron chi connectivity index (χ4n) is 1.72. The van der Waals surface area contributed by atoms with Crippen molar-refractivity contribution in [3.05, 3.63) is 40.6 Å². The van der Waals surface area contributed by atoms with Crippen molar-refractivity contribution in [1.29, 1.82) is 0 Å². The van der Waals surface area contributed by atoms with E-state index in [4.69, 9.17) is 0 Å². The minimum absolute atomic E-state index is 0.837. The molecule has 0 atom stereocenters. The van der Waals surface area contributed by atoms with Crippen molar-refractivity contribution in [1.82, 2.24) is 9.97 Å². The Morgan fingerprint density at radius 2 is 2.00 bits per heavy atom. The van der Waals surface area contributed by atoms with Crippen LogP contribution in [0.5, 0.6) is 0 Å². The minimum atomic E-state index is 0.837. The van der Waals surface area contributed by atoms with Crippen LogP contribution in [0.15, 0.2) is 35.1 Å².